The minimum absolute atomic E-state index is 0.669. The summed E-state index contributed by atoms with van der Waals surface area (Å²) in [5.41, 5.74) is 6.44. The lowest BCUT2D eigenvalue weighted by atomic mass is 10.0. The third kappa shape index (κ3) is 2.52. The Morgan fingerprint density at radius 2 is 1.67 bits per heavy atom. The Morgan fingerprint density at radius 1 is 1.00 bits per heavy atom. The number of hydrogen-bond donors (Lipinski definition) is 1. The minimum Gasteiger partial charge on any atom is -0.355 e. The molecule has 1 N–H and O–H groups in total. The topological polar surface area (TPSA) is 35.8 Å². The molecule has 0 aromatic heterocycles. The summed E-state index contributed by atoms with van der Waals surface area (Å²) in [6, 6.07) is 14.0. The molecular formula is C16H16N2. The van der Waals surface area contributed by atoms with E-state index in [0.717, 1.165) is 11.4 Å². The van der Waals surface area contributed by atoms with Crippen LogP contribution >= 0.6 is 0 Å². The van der Waals surface area contributed by atoms with Gasteiger partial charge in [0.05, 0.1) is 11.6 Å². The summed E-state index contributed by atoms with van der Waals surface area (Å²) >= 11 is 0. The quantitative estimate of drug-likeness (QED) is 0.847. The van der Waals surface area contributed by atoms with Gasteiger partial charge < -0.3 is 5.32 Å². The van der Waals surface area contributed by atoms with Crippen LogP contribution in [0.2, 0.25) is 0 Å². The third-order valence-corrected chi connectivity index (χ3v) is 2.94. The predicted octanol–water partition coefficient (Wildman–Crippen LogP) is 4.23. The smallest absolute Gasteiger partial charge is 0.0992 e. The maximum Gasteiger partial charge on any atom is 0.0992 e. The van der Waals surface area contributed by atoms with Gasteiger partial charge in [-0.05, 0) is 50.1 Å². The molecule has 2 rings (SSSR count). The standard InChI is InChI=1S/C16H16N2/c1-11-7-12(2)16(13(3)8-11)18-15-6-4-5-14(9-15)10-17/h4-9,18H,1-3H3. The first-order valence-electron chi connectivity index (χ1n) is 5.95. The molecule has 0 fully saturated rings. The average Bonchev–Trinajstić information content (AvgIpc) is 2.34. The van der Waals surface area contributed by atoms with E-state index in [1.807, 2.05) is 18.2 Å². The van der Waals surface area contributed by atoms with Crippen molar-refractivity contribution in [1.29, 1.82) is 5.26 Å². The van der Waals surface area contributed by atoms with Crippen LogP contribution in [0.15, 0.2) is 36.4 Å². The van der Waals surface area contributed by atoms with Crippen molar-refractivity contribution in [3.63, 3.8) is 0 Å². The van der Waals surface area contributed by atoms with Crippen LogP contribution in [0.1, 0.15) is 22.3 Å². The molecule has 0 amide bonds. The van der Waals surface area contributed by atoms with Crippen molar-refractivity contribution in [1.82, 2.24) is 0 Å². The first-order chi connectivity index (χ1) is 8.60. The summed E-state index contributed by atoms with van der Waals surface area (Å²) in [5, 5.41) is 12.3. The van der Waals surface area contributed by atoms with Gasteiger partial charge in [-0.2, -0.15) is 5.26 Å². The molecule has 0 spiro atoms. The molecule has 0 saturated heterocycles. The highest BCUT2D eigenvalue weighted by atomic mass is 14.9. The van der Waals surface area contributed by atoms with Crippen molar-refractivity contribution in [3.05, 3.63) is 58.7 Å². The molecular weight excluding hydrogens is 220 g/mol. The van der Waals surface area contributed by atoms with Crippen LogP contribution in [0.5, 0.6) is 0 Å². The number of nitriles is 1. The second kappa shape index (κ2) is 4.93. The maximum absolute atomic E-state index is 8.90. The van der Waals surface area contributed by atoms with E-state index < -0.39 is 0 Å². The summed E-state index contributed by atoms with van der Waals surface area (Å²) < 4.78 is 0. The van der Waals surface area contributed by atoms with E-state index >= 15 is 0 Å². The molecule has 0 saturated carbocycles. The number of hydrogen-bond acceptors (Lipinski definition) is 2. The van der Waals surface area contributed by atoms with Gasteiger partial charge in [-0.1, -0.05) is 23.8 Å². The van der Waals surface area contributed by atoms with E-state index in [1.165, 1.54) is 16.7 Å². The van der Waals surface area contributed by atoms with Gasteiger partial charge in [0.2, 0.25) is 0 Å². The maximum atomic E-state index is 8.90. The summed E-state index contributed by atoms with van der Waals surface area (Å²) in [7, 11) is 0. The predicted molar refractivity (Wildman–Crippen MR) is 75.1 cm³/mol. The number of benzene rings is 2. The molecule has 2 nitrogen and oxygen atoms in total. The fourth-order valence-electron chi connectivity index (χ4n) is 2.19. The van der Waals surface area contributed by atoms with Crippen LogP contribution in [0.3, 0.4) is 0 Å². The molecule has 0 atom stereocenters. The first kappa shape index (κ1) is 12.2. The zero-order chi connectivity index (χ0) is 13.1. The minimum atomic E-state index is 0.669. The van der Waals surface area contributed by atoms with Crippen LogP contribution in [0, 0.1) is 32.1 Å². The van der Waals surface area contributed by atoms with Crippen molar-refractivity contribution in [2.24, 2.45) is 0 Å². The van der Waals surface area contributed by atoms with Crippen molar-refractivity contribution < 1.29 is 0 Å². The Labute approximate surface area is 108 Å². The monoisotopic (exact) mass is 236 g/mol. The Morgan fingerprint density at radius 3 is 2.28 bits per heavy atom. The molecule has 2 aromatic carbocycles. The van der Waals surface area contributed by atoms with E-state index in [-0.39, 0.29) is 0 Å². The molecule has 18 heavy (non-hydrogen) atoms. The molecule has 0 radical (unpaired) electrons. The normalized spacial score (nSPS) is 9.89. The highest BCUT2D eigenvalue weighted by Gasteiger charge is 2.04. The average molecular weight is 236 g/mol. The Kier molecular flexibility index (Phi) is 3.34. The van der Waals surface area contributed by atoms with Crippen LogP contribution < -0.4 is 5.32 Å². The van der Waals surface area contributed by atoms with Crippen LogP contribution in [0.25, 0.3) is 0 Å². The molecule has 0 aliphatic carbocycles. The first-order valence-corrected chi connectivity index (χ1v) is 5.95. The van der Waals surface area contributed by atoms with E-state index in [4.69, 9.17) is 5.26 Å². The van der Waals surface area contributed by atoms with Crippen molar-refractivity contribution >= 4 is 11.4 Å². The van der Waals surface area contributed by atoms with Crippen LogP contribution in [-0.2, 0) is 0 Å². The molecule has 2 heteroatoms. The van der Waals surface area contributed by atoms with Crippen molar-refractivity contribution in [3.8, 4) is 6.07 Å². The Hall–Kier alpha value is -2.27. The van der Waals surface area contributed by atoms with E-state index in [2.05, 4.69) is 44.3 Å². The van der Waals surface area contributed by atoms with Gasteiger partial charge in [-0.15, -0.1) is 0 Å². The Balaban J connectivity index is 2.37. The number of aryl methyl sites for hydroxylation is 3. The Bertz CT molecular complexity index is 598. The summed E-state index contributed by atoms with van der Waals surface area (Å²) in [6.45, 7) is 6.28. The fourth-order valence-corrected chi connectivity index (χ4v) is 2.19. The lowest BCUT2D eigenvalue weighted by Gasteiger charge is -2.14. The highest BCUT2D eigenvalue weighted by molar-refractivity contribution is 5.68. The zero-order valence-corrected chi connectivity index (χ0v) is 10.9. The number of rotatable bonds is 2. The van der Waals surface area contributed by atoms with Crippen LogP contribution in [-0.4, -0.2) is 0 Å². The number of nitrogens with zero attached hydrogens (tertiary/aromatic N) is 1. The second-order valence-corrected chi connectivity index (χ2v) is 4.59. The molecule has 0 aliphatic heterocycles. The van der Waals surface area contributed by atoms with Gasteiger partial charge in [0.1, 0.15) is 0 Å². The molecule has 2 aromatic rings. The third-order valence-electron chi connectivity index (χ3n) is 2.94. The number of anilines is 2. The summed E-state index contributed by atoms with van der Waals surface area (Å²) in [4.78, 5) is 0. The molecule has 90 valence electrons. The van der Waals surface area contributed by atoms with Gasteiger partial charge in [0.25, 0.3) is 0 Å². The van der Waals surface area contributed by atoms with Crippen molar-refractivity contribution in [2.75, 3.05) is 5.32 Å². The van der Waals surface area contributed by atoms with Gasteiger partial charge in [-0.25, -0.2) is 0 Å². The highest BCUT2D eigenvalue weighted by Crippen LogP contribution is 2.26. The molecule has 0 unspecified atom stereocenters. The van der Waals surface area contributed by atoms with E-state index in [9.17, 15) is 0 Å². The molecule has 0 bridgehead atoms. The molecule has 0 heterocycles. The van der Waals surface area contributed by atoms with Gasteiger partial charge >= 0.3 is 0 Å². The van der Waals surface area contributed by atoms with Crippen LogP contribution in [0.4, 0.5) is 11.4 Å². The second-order valence-electron chi connectivity index (χ2n) is 4.59. The number of nitrogens with one attached hydrogen (secondary N) is 1. The fraction of sp³-hybridized carbons (Fsp3) is 0.188. The summed E-state index contributed by atoms with van der Waals surface area (Å²) in [6.07, 6.45) is 0. The van der Waals surface area contributed by atoms with Gasteiger partial charge in [0, 0.05) is 11.4 Å². The van der Waals surface area contributed by atoms with E-state index in [0.29, 0.717) is 5.56 Å². The lowest BCUT2D eigenvalue weighted by Crippen LogP contribution is -1.97. The largest absolute Gasteiger partial charge is 0.355 e. The van der Waals surface area contributed by atoms with Gasteiger partial charge in [-0.3, -0.25) is 0 Å². The molecule has 0 aliphatic rings. The summed E-state index contributed by atoms with van der Waals surface area (Å²) in [5.74, 6) is 0. The lowest BCUT2D eigenvalue weighted by molar-refractivity contribution is 1.31. The van der Waals surface area contributed by atoms with Gasteiger partial charge in [0.15, 0.2) is 0 Å². The SMILES string of the molecule is Cc1cc(C)c(Nc2cccc(C#N)c2)c(C)c1. The van der Waals surface area contributed by atoms with E-state index in [1.54, 1.807) is 6.07 Å². The zero-order valence-electron chi connectivity index (χ0n) is 10.9. The van der Waals surface area contributed by atoms with Crippen molar-refractivity contribution in [2.45, 2.75) is 20.8 Å².